The highest BCUT2D eigenvalue weighted by molar-refractivity contribution is 5.82. The van der Waals surface area contributed by atoms with Crippen molar-refractivity contribution in [2.45, 2.75) is 31.2 Å². The van der Waals surface area contributed by atoms with Crippen molar-refractivity contribution in [2.24, 2.45) is 11.7 Å². The summed E-state index contributed by atoms with van der Waals surface area (Å²) in [7, 11) is 0. The van der Waals surface area contributed by atoms with Crippen molar-refractivity contribution in [1.82, 2.24) is 4.90 Å². The van der Waals surface area contributed by atoms with Crippen LogP contribution in [0.25, 0.3) is 0 Å². The van der Waals surface area contributed by atoms with Crippen LogP contribution in [0.1, 0.15) is 30.7 Å². The highest BCUT2D eigenvalue weighted by Crippen LogP contribution is 2.33. The maximum atomic E-state index is 12.1. The molecule has 1 aliphatic carbocycles. The van der Waals surface area contributed by atoms with Crippen LogP contribution in [-0.4, -0.2) is 29.9 Å². The quantitative estimate of drug-likeness (QED) is 0.880. The molecule has 2 atom stereocenters. The Kier molecular flexibility index (Phi) is 3.08. The predicted molar refractivity (Wildman–Crippen MR) is 71.1 cm³/mol. The van der Waals surface area contributed by atoms with Gasteiger partial charge < -0.3 is 10.6 Å². The molecule has 2 fully saturated rings. The zero-order valence-corrected chi connectivity index (χ0v) is 10.6. The van der Waals surface area contributed by atoms with E-state index in [0.29, 0.717) is 5.92 Å². The van der Waals surface area contributed by atoms with E-state index in [-0.39, 0.29) is 11.9 Å². The monoisotopic (exact) mass is 244 g/mol. The lowest BCUT2D eigenvalue weighted by molar-refractivity contribution is -0.135. The fourth-order valence-corrected chi connectivity index (χ4v) is 2.82. The Morgan fingerprint density at radius 3 is 2.61 bits per heavy atom. The molecule has 3 rings (SSSR count). The lowest BCUT2D eigenvalue weighted by atomic mass is 9.88. The van der Waals surface area contributed by atoms with Crippen molar-refractivity contribution >= 4 is 5.91 Å². The molecule has 1 aromatic carbocycles. The molecule has 18 heavy (non-hydrogen) atoms. The van der Waals surface area contributed by atoms with Crippen LogP contribution in [0.2, 0.25) is 0 Å². The first-order valence-electron chi connectivity index (χ1n) is 6.83. The molecule has 1 aromatic rings. The average Bonchev–Trinajstić information content (AvgIpc) is 3.20. The van der Waals surface area contributed by atoms with Crippen molar-refractivity contribution in [3.8, 4) is 0 Å². The van der Waals surface area contributed by atoms with E-state index < -0.39 is 0 Å². The Morgan fingerprint density at radius 1 is 1.22 bits per heavy atom. The highest BCUT2D eigenvalue weighted by Gasteiger charge is 2.35. The summed E-state index contributed by atoms with van der Waals surface area (Å²) >= 11 is 0. The molecule has 2 aliphatic rings. The number of rotatable bonds is 3. The first-order valence-corrected chi connectivity index (χ1v) is 6.83. The summed E-state index contributed by atoms with van der Waals surface area (Å²) in [4.78, 5) is 14.1. The van der Waals surface area contributed by atoms with Gasteiger partial charge in [0.25, 0.3) is 0 Å². The summed E-state index contributed by atoms with van der Waals surface area (Å²) in [5.74, 6) is 1.28. The molecule has 96 valence electrons. The number of piperidine rings is 1. The van der Waals surface area contributed by atoms with Crippen LogP contribution in [0.15, 0.2) is 30.3 Å². The van der Waals surface area contributed by atoms with Gasteiger partial charge in [-0.25, -0.2) is 0 Å². The maximum absolute atomic E-state index is 12.1. The lowest BCUT2D eigenvalue weighted by Crippen LogP contribution is -2.51. The summed E-state index contributed by atoms with van der Waals surface area (Å²) in [6.07, 6.45) is 3.33. The van der Waals surface area contributed by atoms with Gasteiger partial charge in [-0.15, -0.1) is 0 Å². The SMILES string of the molecule is NC1CC(c2ccccc2)CN(CC2CC2)C1=O. The third kappa shape index (κ3) is 2.41. The topological polar surface area (TPSA) is 46.3 Å². The molecule has 3 nitrogen and oxygen atoms in total. The van der Waals surface area contributed by atoms with E-state index in [0.717, 1.165) is 25.4 Å². The minimum absolute atomic E-state index is 0.147. The number of nitrogens with two attached hydrogens (primary N) is 1. The molecule has 2 unspecified atom stereocenters. The summed E-state index contributed by atoms with van der Waals surface area (Å²) in [5.41, 5.74) is 7.31. The van der Waals surface area contributed by atoms with Crippen LogP contribution in [0.5, 0.6) is 0 Å². The number of benzene rings is 1. The van der Waals surface area contributed by atoms with Gasteiger partial charge in [0.15, 0.2) is 0 Å². The number of amides is 1. The number of nitrogens with zero attached hydrogens (tertiary/aromatic N) is 1. The third-order valence-corrected chi connectivity index (χ3v) is 4.05. The smallest absolute Gasteiger partial charge is 0.239 e. The Bertz CT molecular complexity index is 427. The molecule has 0 radical (unpaired) electrons. The van der Waals surface area contributed by atoms with E-state index in [1.54, 1.807) is 0 Å². The Labute approximate surface area is 108 Å². The first-order chi connectivity index (χ1) is 8.74. The van der Waals surface area contributed by atoms with Crippen LogP contribution < -0.4 is 5.73 Å². The fraction of sp³-hybridized carbons (Fsp3) is 0.533. The van der Waals surface area contributed by atoms with Crippen LogP contribution >= 0.6 is 0 Å². The normalized spacial score (nSPS) is 28.5. The van der Waals surface area contributed by atoms with Crippen LogP contribution in [0, 0.1) is 5.92 Å². The molecule has 3 heteroatoms. The van der Waals surface area contributed by atoms with Crippen LogP contribution in [0.4, 0.5) is 0 Å². The summed E-state index contributed by atoms with van der Waals surface area (Å²) < 4.78 is 0. The maximum Gasteiger partial charge on any atom is 0.239 e. The second-order valence-electron chi connectivity index (χ2n) is 5.64. The molecular formula is C15H20N2O. The minimum atomic E-state index is -0.317. The molecule has 1 saturated heterocycles. The first kappa shape index (κ1) is 11.7. The average molecular weight is 244 g/mol. The Morgan fingerprint density at radius 2 is 1.94 bits per heavy atom. The molecular weight excluding hydrogens is 224 g/mol. The van der Waals surface area contributed by atoms with Gasteiger partial charge in [-0.1, -0.05) is 30.3 Å². The Hall–Kier alpha value is -1.35. The van der Waals surface area contributed by atoms with E-state index in [1.807, 2.05) is 11.0 Å². The van der Waals surface area contributed by atoms with Crippen molar-refractivity contribution in [3.05, 3.63) is 35.9 Å². The third-order valence-electron chi connectivity index (χ3n) is 4.05. The van der Waals surface area contributed by atoms with Crippen LogP contribution in [-0.2, 0) is 4.79 Å². The summed E-state index contributed by atoms with van der Waals surface area (Å²) in [6, 6.07) is 10.1. The summed E-state index contributed by atoms with van der Waals surface area (Å²) in [5, 5.41) is 0. The van der Waals surface area contributed by atoms with Gasteiger partial charge in [-0.2, -0.15) is 0 Å². The number of likely N-dealkylation sites (tertiary alicyclic amines) is 1. The Balaban J connectivity index is 1.74. The number of hydrogen-bond donors (Lipinski definition) is 1. The summed E-state index contributed by atoms with van der Waals surface area (Å²) in [6.45, 7) is 1.75. The van der Waals surface area contributed by atoms with Gasteiger partial charge >= 0.3 is 0 Å². The van der Waals surface area contributed by atoms with Gasteiger partial charge in [0, 0.05) is 19.0 Å². The van der Waals surface area contributed by atoms with Gasteiger partial charge in [-0.3, -0.25) is 4.79 Å². The second-order valence-corrected chi connectivity index (χ2v) is 5.64. The van der Waals surface area contributed by atoms with E-state index in [1.165, 1.54) is 18.4 Å². The zero-order valence-electron chi connectivity index (χ0n) is 10.6. The van der Waals surface area contributed by atoms with Gasteiger partial charge in [-0.05, 0) is 30.7 Å². The van der Waals surface area contributed by atoms with Gasteiger partial charge in [0.05, 0.1) is 6.04 Å². The highest BCUT2D eigenvalue weighted by atomic mass is 16.2. The molecule has 2 N–H and O–H groups in total. The molecule has 0 spiro atoms. The van der Waals surface area contributed by atoms with Crippen molar-refractivity contribution in [3.63, 3.8) is 0 Å². The molecule has 1 aliphatic heterocycles. The minimum Gasteiger partial charge on any atom is -0.340 e. The van der Waals surface area contributed by atoms with Gasteiger partial charge in [0.1, 0.15) is 0 Å². The molecule has 0 bridgehead atoms. The number of carbonyl (C=O) groups is 1. The van der Waals surface area contributed by atoms with Crippen molar-refractivity contribution < 1.29 is 4.79 Å². The predicted octanol–water partition coefficient (Wildman–Crippen LogP) is 1.74. The van der Waals surface area contributed by atoms with Crippen molar-refractivity contribution in [2.75, 3.05) is 13.1 Å². The van der Waals surface area contributed by atoms with E-state index in [2.05, 4.69) is 24.3 Å². The molecule has 0 aromatic heterocycles. The van der Waals surface area contributed by atoms with E-state index in [9.17, 15) is 4.79 Å². The zero-order chi connectivity index (χ0) is 12.5. The second kappa shape index (κ2) is 4.73. The number of hydrogen-bond acceptors (Lipinski definition) is 2. The molecule has 1 amide bonds. The van der Waals surface area contributed by atoms with Crippen LogP contribution in [0.3, 0.4) is 0 Å². The molecule has 1 saturated carbocycles. The van der Waals surface area contributed by atoms with Gasteiger partial charge in [0.2, 0.25) is 5.91 Å². The largest absolute Gasteiger partial charge is 0.340 e. The standard InChI is InChI=1S/C15H20N2O/c16-14-8-13(12-4-2-1-3-5-12)10-17(15(14)18)9-11-6-7-11/h1-5,11,13-14H,6-10,16H2. The van der Waals surface area contributed by atoms with Crippen molar-refractivity contribution in [1.29, 1.82) is 0 Å². The van der Waals surface area contributed by atoms with E-state index >= 15 is 0 Å². The fourth-order valence-electron chi connectivity index (χ4n) is 2.82. The lowest BCUT2D eigenvalue weighted by Gasteiger charge is -2.36. The van der Waals surface area contributed by atoms with E-state index in [4.69, 9.17) is 5.73 Å². The molecule has 1 heterocycles. The number of carbonyl (C=O) groups excluding carboxylic acids is 1.